The lowest BCUT2D eigenvalue weighted by Gasteiger charge is -2.08. The Kier molecular flexibility index (Phi) is 10.5. The van der Waals surface area contributed by atoms with Gasteiger partial charge in [0.25, 0.3) is 11.6 Å². The third kappa shape index (κ3) is 7.16. The lowest BCUT2D eigenvalue weighted by molar-refractivity contribution is -0.384. The number of nitro benzene ring substituents is 1. The number of hydrogen-bond donors (Lipinski definition) is 1. The number of methoxy groups -OCH3 is 1. The van der Waals surface area contributed by atoms with Crippen LogP contribution in [0.25, 0.3) is 10.2 Å². The quantitative estimate of drug-likeness (QED) is 0.145. The lowest BCUT2D eigenvalue weighted by atomic mass is 10.1. The van der Waals surface area contributed by atoms with Crippen LogP contribution in [0.5, 0.6) is 0 Å². The number of hydrogen-bond acceptors (Lipinski definition) is 10. The van der Waals surface area contributed by atoms with E-state index in [-0.39, 0.29) is 29.7 Å². The molecule has 0 saturated heterocycles. The number of rotatable bonds is 11. The number of aryl methyl sites for hydroxylation is 1. The topological polar surface area (TPSA) is 142 Å². The van der Waals surface area contributed by atoms with Gasteiger partial charge in [0, 0.05) is 30.7 Å². The van der Waals surface area contributed by atoms with Gasteiger partial charge < -0.3 is 19.4 Å². The Morgan fingerprint density at radius 2 is 1.98 bits per heavy atom. The molecule has 214 valence electrons. The molecule has 1 aliphatic rings. The van der Waals surface area contributed by atoms with Crippen molar-refractivity contribution < 1.29 is 28.8 Å². The molecule has 0 bridgehead atoms. The van der Waals surface area contributed by atoms with Crippen LogP contribution in [-0.2, 0) is 38.4 Å². The summed E-state index contributed by atoms with van der Waals surface area (Å²) < 4.78 is 12.9. The second kappa shape index (κ2) is 14.0. The van der Waals surface area contributed by atoms with Crippen LogP contribution in [0.4, 0.5) is 10.7 Å². The number of nitrogens with zero attached hydrogens (tertiary/aromatic N) is 3. The summed E-state index contributed by atoms with van der Waals surface area (Å²) in [5.74, 6) is -1.19. The number of nitrogens with one attached hydrogen (secondary N) is 1. The summed E-state index contributed by atoms with van der Waals surface area (Å²) in [5, 5.41) is 14.5. The number of amides is 2. The summed E-state index contributed by atoms with van der Waals surface area (Å²) in [4.78, 5) is 54.6. The van der Waals surface area contributed by atoms with E-state index >= 15 is 0 Å². The maximum absolute atomic E-state index is 12.8. The normalized spacial score (nSPS) is 13.6. The molecule has 0 fully saturated rings. The average molecular weight is 607 g/mol. The van der Waals surface area contributed by atoms with Gasteiger partial charge in [0.15, 0.2) is 4.80 Å². The fraction of sp³-hybridized carbons (Fsp3) is 0.462. The molecule has 0 saturated carbocycles. The average Bonchev–Trinajstić information content (AvgIpc) is 3.33. The van der Waals surface area contributed by atoms with Crippen molar-refractivity contribution in [2.75, 3.05) is 37.1 Å². The Bertz CT molecular complexity index is 1490. The second-order valence-corrected chi connectivity index (χ2v) is 12.1. The van der Waals surface area contributed by atoms with Gasteiger partial charge in [-0.05, 0) is 44.2 Å². The van der Waals surface area contributed by atoms with Crippen LogP contribution in [0.15, 0.2) is 23.2 Å². The SMILES string of the molecule is CCOC(=O)c1c(NC(=O)CSCC(=O)N=c2sc3cc([N+](=O)[O-])ccc3n2CCOC)sc2c1CCCCC2. The molecule has 2 heterocycles. The zero-order chi connectivity index (χ0) is 28.6. The third-order valence-electron chi connectivity index (χ3n) is 6.23. The molecule has 0 aliphatic heterocycles. The standard InChI is InChI=1S/C26H30N4O7S3/c1-3-37-25(33)23-17-7-5-4-6-8-19(17)39-24(23)27-21(31)14-38-15-22(32)28-26-29(11-12-36-2)18-10-9-16(30(34)35)13-20(18)40-26/h9-10,13H,3-8,11-12,14-15H2,1-2H3,(H,27,31). The number of thiophene rings is 1. The van der Waals surface area contributed by atoms with Crippen LogP contribution in [0.1, 0.15) is 47.0 Å². The number of aromatic nitrogens is 1. The molecule has 4 rings (SSSR count). The first kappa shape index (κ1) is 29.9. The molecule has 0 spiro atoms. The predicted octanol–water partition coefficient (Wildman–Crippen LogP) is 4.56. The van der Waals surface area contributed by atoms with Gasteiger partial charge in [-0.3, -0.25) is 19.7 Å². The van der Waals surface area contributed by atoms with Gasteiger partial charge in [0.1, 0.15) is 5.00 Å². The Morgan fingerprint density at radius 3 is 2.73 bits per heavy atom. The maximum atomic E-state index is 12.8. The minimum atomic E-state index is -0.467. The summed E-state index contributed by atoms with van der Waals surface area (Å²) in [7, 11) is 1.56. The van der Waals surface area contributed by atoms with Gasteiger partial charge in [-0.25, -0.2) is 4.79 Å². The molecule has 1 N–H and O–H groups in total. The van der Waals surface area contributed by atoms with Gasteiger partial charge in [0.05, 0.1) is 45.4 Å². The lowest BCUT2D eigenvalue weighted by Crippen LogP contribution is -2.20. The number of nitro groups is 1. The molecular weight excluding hydrogens is 577 g/mol. The van der Waals surface area contributed by atoms with E-state index in [1.54, 1.807) is 24.7 Å². The minimum absolute atomic E-state index is 0.00831. The number of thioether (sulfide) groups is 1. The zero-order valence-corrected chi connectivity index (χ0v) is 24.7. The van der Waals surface area contributed by atoms with Crippen LogP contribution in [0.3, 0.4) is 0 Å². The molecule has 11 nitrogen and oxygen atoms in total. The number of fused-ring (bicyclic) bond motifs is 2. The van der Waals surface area contributed by atoms with E-state index in [4.69, 9.17) is 9.47 Å². The highest BCUT2D eigenvalue weighted by atomic mass is 32.2. The van der Waals surface area contributed by atoms with Crippen molar-refractivity contribution in [2.24, 2.45) is 4.99 Å². The number of carbonyl (C=O) groups is 3. The number of benzene rings is 1. The molecule has 14 heteroatoms. The molecule has 0 atom stereocenters. The van der Waals surface area contributed by atoms with Gasteiger partial charge in [0.2, 0.25) is 5.91 Å². The zero-order valence-electron chi connectivity index (χ0n) is 22.2. The molecule has 3 aromatic rings. The van der Waals surface area contributed by atoms with Gasteiger partial charge in [-0.15, -0.1) is 23.1 Å². The smallest absolute Gasteiger partial charge is 0.341 e. The molecule has 0 radical (unpaired) electrons. The van der Waals surface area contributed by atoms with Crippen LogP contribution in [0, 0.1) is 10.1 Å². The summed E-state index contributed by atoms with van der Waals surface area (Å²) in [6.45, 7) is 2.80. The minimum Gasteiger partial charge on any atom is -0.462 e. The largest absolute Gasteiger partial charge is 0.462 e. The Morgan fingerprint density at radius 1 is 1.18 bits per heavy atom. The van der Waals surface area contributed by atoms with E-state index in [1.165, 1.54) is 34.8 Å². The summed E-state index contributed by atoms with van der Waals surface area (Å²) >= 11 is 3.74. The van der Waals surface area contributed by atoms with E-state index in [0.717, 1.165) is 59.8 Å². The first-order valence-electron chi connectivity index (χ1n) is 12.9. The van der Waals surface area contributed by atoms with Gasteiger partial charge in [-0.2, -0.15) is 4.99 Å². The molecule has 1 aromatic carbocycles. The Labute approximate surface area is 242 Å². The van der Waals surface area contributed by atoms with Crippen LogP contribution in [-0.4, -0.2) is 59.1 Å². The first-order chi connectivity index (χ1) is 19.3. The van der Waals surface area contributed by atoms with Crippen LogP contribution in [0.2, 0.25) is 0 Å². The number of non-ortho nitro benzene ring substituents is 1. The summed E-state index contributed by atoms with van der Waals surface area (Å²) in [6, 6.07) is 4.51. The third-order valence-corrected chi connectivity index (χ3v) is 9.39. The fourth-order valence-corrected chi connectivity index (χ4v) is 7.44. The maximum Gasteiger partial charge on any atom is 0.341 e. The first-order valence-corrected chi connectivity index (χ1v) is 15.6. The van der Waals surface area contributed by atoms with Crippen LogP contribution >= 0.6 is 34.4 Å². The van der Waals surface area contributed by atoms with Crippen molar-refractivity contribution in [3.8, 4) is 0 Å². The predicted molar refractivity (Wildman–Crippen MR) is 156 cm³/mol. The van der Waals surface area contributed by atoms with Crippen molar-refractivity contribution >= 4 is 73.1 Å². The number of thiazole rings is 1. The number of anilines is 1. The monoisotopic (exact) mass is 606 g/mol. The molecular formula is C26H30N4O7S3. The molecule has 2 aromatic heterocycles. The van der Waals surface area contributed by atoms with E-state index in [1.807, 2.05) is 0 Å². The van der Waals surface area contributed by atoms with E-state index < -0.39 is 16.8 Å². The number of carbonyl (C=O) groups excluding carboxylic acids is 3. The van der Waals surface area contributed by atoms with E-state index in [9.17, 15) is 24.5 Å². The van der Waals surface area contributed by atoms with Crippen LogP contribution < -0.4 is 10.1 Å². The molecule has 40 heavy (non-hydrogen) atoms. The molecule has 2 amide bonds. The van der Waals surface area contributed by atoms with Crippen molar-refractivity contribution in [3.05, 3.63) is 49.1 Å². The van der Waals surface area contributed by atoms with Crippen molar-refractivity contribution in [2.45, 2.75) is 45.6 Å². The Balaban J connectivity index is 1.43. The van der Waals surface area contributed by atoms with Crippen molar-refractivity contribution in [1.29, 1.82) is 0 Å². The van der Waals surface area contributed by atoms with Crippen molar-refractivity contribution in [3.63, 3.8) is 0 Å². The molecule has 1 aliphatic carbocycles. The second-order valence-electron chi connectivity index (χ2n) is 8.97. The van der Waals surface area contributed by atoms with Gasteiger partial charge in [-0.1, -0.05) is 17.8 Å². The Hall–Kier alpha value is -3.07. The van der Waals surface area contributed by atoms with E-state index in [2.05, 4.69) is 10.3 Å². The summed E-state index contributed by atoms with van der Waals surface area (Å²) in [6.07, 6.45) is 4.81. The fourth-order valence-electron chi connectivity index (χ4n) is 4.44. The van der Waals surface area contributed by atoms with Crippen molar-refractivity contribution in [1.82, 2.24) is 4.57 Å². The highest BCUT2D eigenvalue weighted by Gasteiger charge is 2.26. The number of ether oxygens (including phenoxy) is 2. The van der Waals surface area contributed by atoms with E-state index in [0.29, 0.717) is 33.2 Å². The highest BCUT2D eigenvalue weighted by Crippen LogP contribution is 2.38. The molecule has 0 unspecified atom stereocenters. The highest BCUT2D eigenvalue weighted by molar-refractivity contribution is 8.00. The van der Waals surface area contributed by atoms with Gasteiger partial charge >= 0.3 is 5.97 Å². The number of esters is 1. The summed E-state index contributed by atoms with van der Waals surface area (Å²) in [5.41, 5.74) is 2.12.